The number of nitrogens with zero attached hydrogens (tertiary/aromatic N) is 1. The van der Waals surface area contributed by atoms with Crippen LogP contribution in [0.25, 0.3) is 0 Å². The van der Waals surface area contributed by atoms with Crippen LogP contribution in [-0.4, -0.2) is 17.3 Å². The van der Waals surface area contributed by atoms with Gasteiger partial charge in [-0.15, -0.1) is 0 Å². The molecular weight excluding hydrogens is 250 g/mol. The standard InChI is InChI=1S/C16H19N3O/c1-16(17-19(2)18-16)14-10-8-13(9-11-14)15(20)12-6-4-3-5-7-12/h3-11,15,17-18,20H,1-2H3. The van der Waals surface area contributed by atoms with E-state index >= 15 is 0 Å². The molecule has 20 heavy (non-hydrogen) atoms. The number of aliphatic hydroxyl groups excluding tert-OH is 1. The van der Waals surface area contributed by atoms with Crippen molar-refractivity contribution in [1.82, 2.24) is 16.0 Å². The molecule has 1 aliphatic heterocycles. The minimum atomic E-state index is -0.581. The molecule has 2 aromatic carbocycles. The molecule has 4 heteroatoms. The highest BCUT2D eigenvalue weighted by Gasteiger charge is 2.36. The fourth-order valence-corrected chi connectivity index (χ4v) is 2.63. The number of nitrogens with one attached hydrogen (secondary N) is 2. The molecule has 1 saturated heterocycles. The van der Waals surface area contributed by atoms with Gasteiger partial charge in [0.1, 0.15) is 11.8 Å². The predicted molar refractivity (Wildman–Crippen MR) is 78.3 cm³/mol. The third-order valence-corrected chi connectivity index (χ3v) is 3.70. The van der Waals surface area contributed by atoms with Gasteiger partial charge in [-0.2, -0.15) is 5.12 Å². The first kappa shape index (κ1) is 13.3. The summed E-state index contributed by atoms with van der Waals surface area (Å²) in [6.07, 6.45) is -0.581. The zero-order valence-corrected chi connectivity index (χ0v) is 11.7. The molecule has 104 valence electrons. The van der Waals surface area contributed by atoms with Crippen LogP contribution in [0.2, 0.25) is 0 Å². The highest BCUT2D eigenvalue weighted by molar-refractivity contribution is 5.34. The van der Waals surface area contributed by atoms with Crippen LogP contribution < -0.4 is 10.9 Å². The van der Waals surface area contributed by atoms with E-state index in [9.17, 15) is 5.11 Å². The summed E-state index contributed by atoms with van der Waals surface area (Å²) in [4.78, 5) is 0. The van der Waals surface area contributed by atoms with Gasteiger partial charge >= 0.3 is 0 Å². The summed E-state index contributed by atoms with van der Waals surface area (Å²) < 4.78 is 0. The molecule has 3 rings (SSSR count). The fourth-order valence-electron chi connectivity index (χ4n) is 2.63. The zero-order chi connectivity index (χ0) is 14.2. The predicted octanol–water partition coefficient (Wildman–Crippen LogP) is 1.90. The minimum Gasteiger partial charge on any atom is -0.384 e. The van der Waals surface area contributed by atoms with E-state index in [1.807, 2.05) is 66.8 Å². The normalized spacial score (nSPS) is 19.4. The molecule has 3 N–H and O–H groups in total. The van der Waals surface area contributed by atoms with Crippen molar-refractivity contribution in [2.45, 2.75) is 18.7 Å². The monoisotopic (exact) mass is 269 g/mol. The third-order valence-electron chi connectivity index (χ3n) is 3.70. The largest absolute Gasteiger partial charge is 0.384 e. The molecule has 0 radical (unpaired) electrons. The second-order valence-electron chi connectivity index (χ2n) is 5.34. The van der Waals surface area contributed by atoms with Gasteiger partial charge in [0.2, 0.25) is 0 Å². The van der Waals surface area contributed by atoms with Gasteiger partial charge in [0.25, 0.3) is 0 Å². The first-order chi connectivity index (χ1) is 9.58. The average Bonchev–Trinajstić information content (AvgIpc) is 2.46. The quantitative estimate of drug-likeness (QED) is 0.796. The Morgan fingerprint density at radius 1 is 0.950 bits per heavy atom. The molecular formula is C16H19N3O. The zero-order valence-electron chi connectivity index (χ0n) is 11.7. The maximum absolute atomic E-state index is 10.4. The lowest BCUT2D eigenvalue weighted by Gasteiger charge is -2.48. The van der Waals surface area contributed by atoms with Crippen LogP contribution in [0.5, 0.6) is 0 Å². The van der Waals surface area contributed by atoms with Crippen LogP contribution in [-0.2, 0) is 5.66 Å². The molecule has 4 nitrogen and oxygen atoms in total. The smallest absolute Gasteiger partial charge is 0.120 e. The van der Waals surface area contributed by atoms with Gasteiger partial charge in [0.05, 0.1) is 0 Å². The lowest BCUT2D eigenvalue weighted by molar-refractivity contribution is -0.0973. The van der Waals surface area contributed by atoms with Crippen molar-refractivity contribution in [1.29, 1.82) is 0 Å². The number of hydrazine groups is 2. The molecule has 1 aliphatic rings. The Morgan fingerprint density at radius 3 is 2.05 bits per heavy atom. The fraction of sp³-hybridized carbons (Fsp3) is 0.250. The maximum Gasteiger partial charge on any atom is 0.120 e. The lowest BCUT2D eigenvalue weighted by Crippen LogP contribution is -2.75. The Kier molecular flexibility index (Phi) is 3.31. The van der Waals surface area contributed by atoms with Crippen molar-refractivity contribution >= 4 is 0 Å². The second kappa shape index (κ2) is 5.00. The Balaban J connectivity index is 1.80. The van der Waals surface area contributed by atoms with E-state index in [4.69, 9.17) is 0 Å². The van der Waals surface area contributed by atoms with Crippen molar-refractivity contribution in [3.63, 3.8) is 0 Å². The lowest BCUT2D eigenvalue weighted by atomic mass is 9.96. The summed E-state index contributed by atoms with van der Waals surface area (Å²) in [7, 11) is 1.93. The van der Waals surface area contributed by atoms with E-state index in [2.05, 4.69) is 17.8 Å². The molecule has 0 aliphatic carbocycles. The van der Waals surface area contributed by atoms with E-state index < -0.39 is 6.10 Å². The number of hydrogen-bond acceptors (Lipinski definition) is 4. The maximum atomic E-state index is 10.4. The van der Waals surface area contributed by atoms with Gasteiger partial charge in [-0.3, -0.25) is 0 Å². The topological polar surface area (TPSA) is 47.5 Å². The van der Waals surface area contributed by atoms with Crippen LogP contribution in [0.15, 0.2) is 54.6 Å². The Morgan fingerprint density at radius 2 is 1.50 bits per heavy atom. The minimum absolute atomic E-state index is 0.231. The first-order valence-corrected chi connectivity index (χ1v) is 6.71. The average molecular weight is 269 g/mol. The summed E-state index contributed by atoms with van der Waals surface area (Å²) in [5, 5.41) is 12.2. The highest BCUT2D eigenvalue weighted by atomic mass is 16.3. The van der Waals surface area contributed by atoms with Crippen molar-refractivity contribution in [3.8, 4) is 0 Å². The SMILES string of the molecule is CN1NC(C)(c2ccc(C(O)c3ccccc3)cc2)N1. The van der Waals surface area contributed by atoms with Crippen molar-refractivity contribution in [2.75, 3.05) is 7.05 Å². The summed E-state index contributed by atoms with van der Waals surface area (Å²) in [5.74, 6) is 0. The Hall–Kier alpha value is -1.72. The molecule has 0 bridgehead atoms. The summed E-state index contributed by atoms with van der Waals surface area (Å²) in [6, 6.07) is 17.7. The van der Waals surface area contributed by atoms with Crippen LogP contribution in [0.4, 0.5) is 0 Å². The third kappa shape index (κ3) is 2.34. The summed E-state index contributed by atoms with van der Waals surface area (Å²) in [6.45, 7) is 2.08. The number of rotatable bonds is 3. The van der Waals surface area contributed by atoms with Gasteiger partial charge in [-0.25, -0.2) is 10.9 Å². The molecule has 1 fully saturated rings. The van der Waals surface area contributed by atoms with Gasteiger partial charge < -0.3 is 5.11 Å². The van der Waals surface area contributed by atoms with Gasteiger partial charge in [0.15, 0.2) is 0 Å². The molecule has 1 atom stereocenters. The summed E-state index contributed by atoms with van der Waals surface area (Å²) in [5.41, 5.74) is 9.27. The molecule has 0 spiro atoms. The van der Waals surface area contributed by atoms with Gasteiger partial charge in [-0.05, 0) is 23.6 Å². The molecule has 0 amide bonds. The van der Waals surface area contributed by atoms with Crippen LogP contribution in [0.3, 0.4) is 0 Å². The van der Waals surface area contributed by atoms with E-state index in [0.717, 1.165) is 16.7 Å². The van der Waals surface area contributed by atoms with Crippen molar-refractivity contribution in [3.05, 3.63) is 71.3 Å². The van der Waals surface area contributed by atoms with E-state index in [-0.39, 0.29) is 5.66 Å². The number of benzene rings is 2. The summed E-state index contributed by atoms with van der Waals surface area (Å²) >= 11 is 0. The van der Waals surface area contributed by atoms with Crippen LogP contribution >= 0.6 is 0 Å². The second-order valence-corrected chi connectivity index (χ2v) is 5.34. The van der Waals surface area contributed by atoms with E-state index in [1.165, 1.54) is 0 Å². The molecule has 0 saturated carbocycles. The molecule has 0 aromatic heterocycles. The van der Waals surface area contributed by atoms with E-state index in [1.54, 1.807) is 0 Å². The van der Waals surface area contributed by atoms with Crippen LogP contribution in [0.1, 0.15) is 29.7 Å². The Bertz CT molecular complexity index is 576. The van der Waals surface area contributed by atoms with Crippen LogP contribution in [0, 0.1) is 0 Å². The van der Waals surface area contributed by atoms with Gasteiger partial charge in [0, 0.05) is 7.05 Å². The van der Waals surface area contributed by atoms with Gasteiger partial charge in [-0.1, -0.05) is 54.6 Å². The highest BCUT2D eigenvalue weighted by Crippen LogP contribution is 2.27. The van der Waals surface area contributed by atoms with E-state index in [0.29, 0.717) is 0 Å². The Labute approximate surface area is 119 Å². The molecule has 2 aromatic rings. The molecule has 1 unspecified atom stereocenters. The van der Waals surface area contributed by atoms with Crippen molar-refractivity contribution < 1.29 is 5.11 Å². The van der Waals surface area contributed by atoms with Crippen molar-refractivity contribution in [2.24, 2.45) is 0 Å². The first-order valence-electron chi connectivity index (χ1n) is 6.71. The number of aliphatic hydroxyl groups is 1. The molecule has 1 heterocycles. The number of hydrogen-bond donors (Lipinski definition) is 3.